The molecule has 31 heavy (non-hydrogen) atoms. The Morgan fingerprint density at radius 3 is 2.23 bits per heavy atom. The van der Waals surface area contributed by atoms with Crippen LogP contribution < -0.4 is 9.62 Å². The second-order valence-corrected chi connectivity index (χ2v) is 9.84. The Morgan fingerprint density at radius 1 is 0.968 bits per heavy atom. The minimum absolute atomic E-state index is 0.205. The lowest BCUT2D eigenvalue weighted by Gasteiger charge is -2.22. The Hall–Kier alpha value is -3.12. The molecule has 3 rings (SSSR count). The van der Waals surface area contributed by atoms with Crippen LogP contribution in [0.5, 0.6) is 0 Å². The van der Waals surface area contributed by atoms with Gasteiger partial charge < -0.3 is 5.32 Å². The molecule has 0 radical (unpaired) electrons. The van der Waals surface area contributed by atoms with Crippen LogP contribution in [0.2, 0.25) is 0 Å². The lowest BCUT2D eigenvalue weighted by atomic mass is 10.0. The molecule has 3 aromatic rings. The van der Waals surface area contributed by atoms with Crippen molar-refractivity contribution in [1.29, 1.82) is 0 Å². The van der Waals surface area contributed by atoms with Crippen LogP contribution >= 0.6 is 0 Å². The number of hydrogen-bond donors (Lipinski definition) is 1. The maximum atomic E-state index is 13.0. The molecule has 0 fully saturated rings. The SMILES string of the molecule is Cc1ccc(C(=O)NCc2ccc(C(C)C)cc2)cc1N(C)S(=O)(=O)c1ccccc1. The van der Waals surface area contributed by atoms with Crippen LogP contribution in [-0.4, -0.2) is 21.4 Å². The maximum absolute atomic E-state index is 13.0. The van der Waals surface area contributed by atoms with Crippen molar-refractivity contribution >= 4 is 21.6 Å². The first-order valence-electron chi connectivity index (χ1n) is 10.2. The highest BCUT2D eigenvalue weighted by Gasteiger charge is 2.23. The van der Waals surface area contributed by atoms with E-state index in [1.807, 2.05) is 19.1 Å². The molecule has 5 nitrogen and oxygen atoms in total. The highest BCUT2D eigenvalue weighted by molar-refractivity contribution is 7.92. The van der Waals surface area contributed by atoms with E-state index < -0.39 is 10.0 Å². The Morgan fingerprint density at radius 2 is 1.61 bits per heavy atom. The molecule has 0 aromatic heterocycles. The van der Waals surface area contributed by atoms with Crippen molar-refractivity contribution in [1.82, 2.24) is 5.32 Å². The van der Waals surface area contributed by atoms with Crippen molar-refractivity contribution in [3.63, 3.8) is 0 Å². The summed E-state index contributed by atoms with van der Waals surface area (Å²) in [5.41, 5.74) is 3.91. The molecule has 1 N–H and O–H groups in total. The van der Waals surface area contributed by atoms with E-state index in [0.29, 0.717) is 23.7 Å². The summed E-state index contributed by atoms with van der Waals surface area (Å²) in [6.07, 6.45) is 0. The molecule has 0 spiro atoms. The van der Waals surface area contributed by atoms with E-state index in [9.17, 15) is 13.2 Å². The fourth-order valence-electron chi connectivity index (χ4n) is 3.27. The zero-order valence-corrected chi connectivity index (χ0v) is 19.1. The van der Waals surface area contributed by atoms with Gasteiger partial charge in [-0.25, -0.2) is 8.42 Å². The van der Waals surface area contributed by atoms with E-state index in [1.54, 1.807) is 48.5 Å². The third kappa shape index (κ3) is 5.14. The van der Waals surface area contributed by atoms with Crippen molar-refractivity contribution < 1.29 is 13.2 Å². The number of anilines is 1. The second kappa shape index (κ2) is 9.35. The number of sulfonamides is 1. The minimum atomic E-state index is -3.72. The van der Waals surface area contributed by atoms with Crippen molar-refractivity contribution in [2.75, 3.05) is 11.4 Å². The number of carbonyl (C=O) groups excluding carboxylic acids is 1. The number of carbonyl (C=O) groups is 1. The minimum Gasteiger partial charge on any atom is -0.348 e. The number of benzene rings is 3. The van der Waals surface area contributed by atoms with Gasteiger partial charge in [-0.1, -0.05) is 62.4 Å². The molecule has 0 aliphatic heterocycles. The largest absolute Gasteiger partial charge is 0.348 e. The fourth-order valence-corrected chi connectivity index (χ4v) is 4.55. The highest BCUT2D eigenvalue weighted by Crippen LogP contribution is 2.26. The molecule has 0 atom stereocenters. The van der Waals surface area contributed by atoms with Gasteiger partial charge in [-0.3, -0.25) is 9.10 Å². The Bertz CT molecular complexity index is 1160. The molecule has 0 unspecified atom stereocenters. The first-order valence-corrected chi connectivity index (χ1v) is 11.7. The van der Waals surface area contributed by atoms with E-state index in [2.05, 4.69) is 31.3 Å². The third-order valence-corrected chi connectivity index (χ3v) is 7.10. The van der Waals surface area contributed by atoms with E-state index in [4.69, 9.17) is 0 Å². The summed E-state index contributed by atoms with van der Waals surface area (Å²) in [5, 5.41) is 2.91. The van der Waals surface area contributed by atoms with Gasteiger partial charge in [0, 0.05) is 19.2 Å². The molecule has 162 valence electrons. The predicted molar refractivity (Wildman–Crippen MR) is 125 cm³/mol. The molecule has 1 amide bonds. The normalized spacial score (nSPS) is 11.4. The smallest absolute Gasteiger partial charge is 0.264 e. The van der Waals surface area contributed by atoms with Crippen LogP contribution in [0.1, 0.15) is 46.8 Å². The lowest BCUT2D eigenvalue weighted by molar-refractivity contribution is 0.0951. The Labute approximate surface area is 184 Å². The van der Waals surface area contributed by atoms with Crippen LogP contribution in [0.3, 0.4) is 0 Å². The molecule has 0 saturated carbocycles. The maximum Gasteiger partial charge on any atom is 0.264 e. The first kappa shape index (κ1) is 22.6. The van der Waals surface area contributed by atoms with Gasteiger partial charge in [-0.2, -0.15) is 0 Å². The van der Waals surface area contributed by atoms with Crippen molar-refractivity contribution in [3.05, 3.63) is 95.1 Å². The molecule has 0 heterocycles. The lowest BCUT2D eigenvalue weighted by Crippen LogP contribution is -2.28. The predicted octanol–water partition coefficient (Wildman–Crippen LogP) is 4.87. The van der Waals surface area contributed by atoms with Gasteiger partial charge in [-0.15, -0.1) is 0 Å². The van der Waals surface area contributed by atoms with Gasteiger partial charge in [-0.05, 0) is 53.8 Å². The number of rotatable bonds is 7. The van der Waals surface area contributed by atoms with E-state index in [1.165, 1.54) is 16.9 Å². The first-order chi connectivity index (χ1) is 14.7. The third-order valence-electron chi connectivity index (χ3n) is 5.31. The van der Waals surface area contributed by atoms with E-state index in [-0.39, 0.29) is 10.8 Å². The molecular formula is C25H28N2O3S. The number of aryl methyl sites for hydroxylation is 1. The summed E-state index contributed by atoms with van der Waals surface area (Å²) in [6, 6.07) is 21.5. The molecule has 6 heteroatoms. The van der Waals surface area contributed by atoms with Crippen LogP contribution in [0.15, 0.2) is 77.7 Å². The topological polar surface area (TPSA) is 66.5 Å². The zero-order valence-electron chi connectivity index (χ0n) is 18.3. The van der Waals surface area contributed by atoms with Crippen LogP contribution in [0, 0.1) is 6.92 Å². The van der Waals surface area contributed by atoms with Crippen LogP contribution in [-0.2, 0) is 16.6 Å². The molecule has 0 saturated heterocycles. The van der Waals surface area contributed by atoms with Crippen molar-refractivity contribution in [2.45, 2.75) is 38.1 Å². The Kier molecular flexibility index (Phi) is 6.81. The zero-order chi connectivity index (χ0) is 22.6. The van der Waals surface area contributed by atoms with Gasteiger partial charge in [0.25, 0.3) is 15.9 Å². The van der Waals surface area contributed by atoms with Gasteiger partial charge >= 0.3 is 0 Å². The average Bonchev–Trinajstić information content (AvgIpc) is 2.78. The number of nitrogens with one attached hydrogen (secondary N) is 1. The summed E-state index contributed by atoms with van der Waals surface area (Å²) in [4.78, 5) is 12.9. The quantitative estimate of drug-likeness (QED) is 0.574. The van der Waals surface area contributed by atoms with Crippen molar-refractivity contribution in [3.8, 4) is 0 Å². The highest BCUT2D eigenvalue weighted by atomic mass is 32.2. The van der Waals surface area contributed by atoms with Gasteiger partial charge in [0.15, 0.2) is 0 Å². The van der Waals surface area contributed by atoms with Gasteiger partial charge in [0.05, 0.1) is 10.6 Å². The second-order valence-electron chi connectivity index (χ2n) is 7.87. The Balaban J connectivity index is 1.77. The summed E-state index contributed by atoms with van der Waals surface area (Å²) in [5.74, 6) is 0.207. The van der Waals surface area contributed by atoms with Crippen LogP contribution in [0.25, 0.3) is 0 Å². The molecule has 0 bridgehead atoms. The molecule has 3 aromatic carbocycles. The van der Waals surface area contributed by atoms with Crippen LogP contribution in [0.4, 0.5) is 5.69 Å². The number of amides is 1. The van der Waals surface area contributed by atoms with E-state index >= 15 is 0 Å². The number of hydrogen-bond acceptors (Lipinski definition) is 3. The van der Waals surface area contributed by atoms with E-state index in [0.717, 1.165) is 11.1 Å². The molecule has 0 aliphatic carbocycles. The van der Waals surface area contributed by atoms with Gasteiger partial charge in [0.2, 0.25) is 0 Å². The summed E-state index contributed by atoms with van der Waals surface area (Å²) < 4.78 is 27.2. The summed E-state index contributed by atoms with van der Waals surface area (Å²) in [7, 11) is -2.22. The summed E-state index contributed by atoms with van der Waals surface area (Å²) >= 11 is 0. The monoisotopic (exact) mass is 436 g/mol. The molecule has 0 aliphatic rings. The average molecular weight is 437 g/mol. The van der Waals surface area contributed by atoms with Gasteiger partial charge in [0.1, 0.15) is 0 Å². The summed E-state index contributed by atoms with van der Waals surface area (Å²) in [6.45, 7) is 6.50. The molecular weight excluding hydrogens is 408 g/mol. The standard InChI is InChI=1S/C25H28N2O3S/c1-18(2)21-14-11-20(12-15-21)17-26-25(28)22-13-10-19(3)24(16-22)27(4)31(29,30)23-8-6-5-7-9-23/h5-16,18H,17H2,1-4H3,(H,26,28). The van der Waals surface area contributed by atoms with Crippen molar-refractivity contribution in [2.24, 2.45) is 0 Å². The number of nitrogens with zero attached hydrogens (tertiary/aromatic N) is 1. The fraction of sp³-hybridized carbons (Fsp3) is 0.240.